The summed E-state index contributed by atoms with van der Waals surface area (Å²) in [4.78, 5) is 22.8. The summed E-state index contributed by atoms with van der Waals surface area (Å²) in [6.45, 7) is 7.85. The van der Waals surface area contributed by atoms with Gasteiger partial charge in [0, 0.05) is 19.2 Å². The van der Waals surface area contributed by atoms with Gasteiger partial charge < -0.3 is 16.4 Å². The number of benzene rings is 1. The second kappa shape index (κ2) is 8.76. The van der Waals surface area contributed by atoms with E-state index in [0.717, 1.165) is 17.7 Å². The molecule has 0 saturated heterocycles. The summed E-state index contributed by atoms with van der Waals surface area (Å²) in [5, 5.41) is 5.56. The Morgan fingerprint density at radius 3 is 2.18 bits per heavy atom. The highest BCUT2D eigenvalue weighted by atomic mass is 35.5. The van der Waals surface area contributed by atoms with Gasteiger partial charge in [-0.05, 0) is 29.5 Å². The summed E-state index contributed by atoms with van der Waals surface area (Å²) in [5.41, 5.74) is 7.50. The molecule has 0 aliphatic rings. The van der Waals surface area contributed by atoms with Crippen molar-refractivity contribution in [1.82, 2.24) is 5.32 Å². The van der Waals surface area contributed by atoms with E-state index in [9.17, 15) is 9.59 Å². The van der Waals surface area contributed by atoms with Crippen molar-refractivity contribution in [2.75, 3.05) is 11.9 Å². The minimum atomic E-state index is -0.514. The fraction of sp³-hybridized carbons (Fsp3) is 0.500. The van der Waals surface area contributed by atoms with E-state index in [1.165, 1.54) is 6.92 Å². The van der Waals surface area contributed by atoms with Crippen molar-refractivity contribution in [3.63, 3.8) is 0 Å². The predicted octanol–water partition coefficient (Wildman–Crippen LogP) is 2.10. The van der Waals surface area contributed by atoms with Gasteiger partial charge in [-0.25, -0.2) is 0 Å². The standard InChI is InChI=1S/C16H25N3O2.ClH/c1-11(20)19-13-7-5-12(6-8-13)9-10-18-15(21)14(17)16(2,3)4;/h5-8,14H,9-10,17H2,1-4H3,(H,18,21)(H,19,20);1H/t14-;/m1./s1. The van der Waals surface area contributed by atoms with E-state index in [2.05, 4.69) is 10.6 Å². The van der Waals surface area contributed by atoms with E-state index >= 15 is 0 Å². The van der Waals surface area contributed by atoms with E-state index in [4.69, 9.17) is 5.73 Å². The number of carbonyl (C=O) groups excluding carboxylic acids is 2. The smallest absolute Gasteiger partial charge is 0.237 e. The molecule has 0 aromatic heterocycles. The Hall–Kier alpha value is -1.59. The molecule has 22 heavy (non-hydrogen) atoms. The number of nitrogens with two attached hydrogens (primary N) is 1. The van der Waals surface area contributed by atoms with Crippen LogP contribution in [0.2, 0.25) is 0 Å². The van der Waals surface area contributed by atoms with Gasteiger partial charge in [0.15, 0.2) is 0 Å². The third-order valence-electron chi connectivity index (χ3n) is 3.20. The molecule has 0 spiro atoms. The van der Waals surface area contributed by atoms with Crippen LogP contribution in [0, 0.1) is 5.41 Å². The topological polar surface area (TPSA) is 84.2 Å². The predicted molar refractivity (Wildman–Crippen MR) is 92.1 cm³/mol. The molecular weight excluding hydrogens is 302 g/mol. The van der Waals surface area contributed by atoms with Gasteiger partial charge in [-0.2, -0.15) is 0 Å². The average Bonchev–Trinajstić information content (AvgIpc) is 2.38. The largest absolute Gasteiger partial charge is 0.354 e. The van der Waals surface area contributed by atoms with Crippen molar-refractivity contribution >= 4 is 29.9 Å². The minimum absolute atomic E-state index is 0. The lowest BCUT2D eigenvalue weighted by molar-refractivity contribution is -0.124. The van der Waals surface area contributed by atoms with Crippen LogP contribution in [-0.2, 0) is 16.0 Å². The van der Waals surface area contributed by atoms with Crippen LogP contribution in [0.1, 0.15) is 33.3 Å². The van der Waals surface area contributed by atoms with Crippen molar-refractivity contribution in [3.8, 4) is 0 Å². The third-order valence-corrected chi connectivity index (χ3v) is 3.20. The van der Waals surface area contributed by atoms with E-state index in [-0.39, 0.29) is 29.6 Å². The zero-order chi connectivity index (χ0) is 16.0. The van der Waals surface area contributed by atoms with Gasteiger partial charge in [0.1, 0.15) is 0 Å². The Bertz CT molecular complexity index is 495. The number of hydrogen-bond donors (Lipinski definition) is 3. The van der Waals surface area contributed by atoms with Crippen molar-refractivity contribution in [3.05, 3.63) is 29.8 Å². The summed E-state index contributed by atoms with van der Waals surface area (Å²) in [5.74, 6) is -0.219. The first kappa shape index (κ1) is 20.4. The molecule has 6 heteroatoms. The molecule has 0 bridgehead atoms. The van der Waals surface area contributed by atoms with Crippen LogP contribution in [0.15, 0.2) is 24.3 Å². The van der Waals surface area contributed by atoms with E-state index in [1.807, 2.05) is 45.0 Å². The molecule has 0 aliphatic carbocycles. The lowest BCUT2D eigenvalue weighted by Crippen LogP contribution is -2.48. The highest BCUT2D eigenvalue weighted by Crippen LogP contribution is 2.17. The van der Waals surface area contributed by atoms with Gasteiger partial charge in [-0.3, -0.25) is 9.59 Å². The van der Waals surface area contributed by atoms with Crippen molar-refractivity contribution in [2.45, 2.75) is 40.2 Å². The molecule has 1 aromatic rings. The molecule has 0 heterocycles. The van der Waals surface area contributed by atoms with Gasteiger partial charge in [0.25, 0.3) is 0 Å². The zero-order valence-corrected chi connectivity index (χ0v) is 14.4. The normalized spacial score (nSPS) is 12.0. The Balaban J connectivity index is 0.00000441. The molecule has 0 aliphatic heterocycles. The van der Waals surface area contributed by atoms with Gasteiger partial charge in [-0.1, -0.05) is 32.9 Å². The summed E-state index contributed by atoms with van der Waals surface area (Å²) in [6.07, 6.45) is 0.725. The first-order chi connectivity index (χ1) is 9.70. The van der Waals surface area contributed by atoms with E-state index in [1.54, 1.807) is 0 Å². The van der Waals surface area contributed by atoms with Crippen molar-refractivity contribution in [2.24, 2.45) is 11.1 Å². The molecule has 1 atom stereocenters. The maximum absolute atomic E-state index is 11.9. The highest BCUT2D eigenvalue weighted by molar-refractivity contribution is 5.88. The number of nitrogens with one attached hydrogen (secondary N) is 2. The average molecular weight is 328 g/mol. The molecule has 5 nitrogen and oxygen atoms in total. The van der Waals surface area contributed by atoms with Crippen LogP contribution < -0.4 is 16.4 Å². The van der Waals surface area contributed by atoms with E-state index in [0.29, 0.717) is 6.54 Å². The molecule has 0 radical (unpaired) electrons. The number of halogens is 1. The van der Waals surface area contributed by atoms with Crippen LogP contribution >= 0.6 is 12.4 Å². The molecule has 1 aromatic carbocycles. The SMILES string of the molecule is CC(=O)Nc1ccc(CCNC(=O)[C@@H](N)C(C)(C)C)cc1.Cl. The fourth-order valence-electron chi connectivity index (χ4n) is 1.79. The summed E-state index contributed by atoms with van der Waals surface area (Å²) in [7, 11) is 0. The van der Waals surface area contributed by atoms with Crippen LogP contribution in [0.3, 0.4) is 0 Å². The van der Waals surface area contributed by atoms with Crippen LogP contribution in [0.5, 0.6) is 0 Å². The molecule has 124 valence electrons. The Labute approximate surface area is 138 Å². The first-order valence-corrected chi connectivity index (χ1v) is 7.10. The molecule has 0 fully saturated rings. The quantitative estimate of drug-likeness (QED) is 0.774. The highest BCUT2D eigenvalue weighted by Gasteiger charge is 2.26. The summed E-state index contributed by atoms with van der Waals surface area (Å²) >= 11 is 0. The monoisotopic (exact) mass is 327 g/mol. The fourth-order valence-corrected chi connectivity index (χ4v) is 1.79. The third kappa shape index (κ3) is 6.91. The zero-order valence-electron chi connectivity index (χ0n) is 13.6. The van der Waals surface area contributed by atoms with Crippen molar-refractivity contribution in [1.29, 1.82) is 0 Å². The number of hydrogen-bond acceptors (Lipinski definition) is 3. The molecule has 2 amide bonds. The number of rotatable bonds is 5. The van der Waals surface area contributed by atoms with E-state index < -0.39 is 6.04 Å². The molecule has 0 saturated carbocycles. The second-order valence-electron chi connectivity index (χ2n) is 6.26. The van der Waals surface area contributed by atoms with Crippen molar-refractivity contribution < 1.29 is 9.59 Å². The molecular formula is C16H26ClN3O2. The Morgan fingerprint density at radius 2 is 1.73 bits per heavy atom. The second-order valence-corrected chi connectivity index (χ2v) is 6.26. The maximum atomic E-state index is 11.9. The minimum Gasteiger partial charge on any atom is -0.354 e. The summed E-state index contributed by atoms with van der Waals surface area (Å²) in [6, 6.07) is 7.04. The summed E-state index contributed by atoms with van der Waals surface area (Å²) < 4.78 is 0. The number of amides is 2. The van der Waals surface area contributed by atoms with Gasteiger partial charge >= 0.3 is 0 Å². The Kier molecular flexibility index (Phi) is 8.12. The van der Waals surface area contributed by atoms with Gasteiger partial charge in [0.2, 0.25) is 11.8 Å². The molecule has 4 N–H and O–H groups in total. The van der Waals surface area contributed by atoms with Crippen LogP contribution in [0.4, 0.5) is 5.69 Å². The molecule has 0 unspecified atom stereocenters. The lowest BCUT2D eigenvalue weighted by Gasteiger charge is -2.25. The molecule has 1 rings (SSSR count). The van der Waals surface area contributed by atoms with Crippen LogP contribution in [-0.4, -0.2) is 24.4 Å². The maximum Gasteiger partial charge on any atom is 0.237 e. The first-order valence-electron chi connectivity index (χ1n) is 7.10. The number of carbonyl (C=O) groups is 2. The van der Waals surface area contributed by atoms with Gasteiger partial charge in [-0.15, -0.1) is 12.4 Å². The van der Waals surface area contributed by atoms with Gasteiger partial charge in [0.05, 0.1) is 6.04 Å². The Morgan fingerprint density at radius 1 is 1.18 bits per heavy atom. The van der Waals surface area contributed by atoms with Crippen LogP contribution in [0.25, 0.3) is 0 Å². The lowest BCUT2D eigenvalue weighted by atomic mass is 9.87. The number of anilines is 1.